The summed E-state index contributed by atoms with van der Waals surface area (Å²) in [6.45, 7) is 7.58. The number of nitrogens with one attached hydrogen (secondary N) is 1. The van der Waals surface area contributed by atoms with Gasteiger partial charge in [-0.05, 0) is 24.4 Å². The van der Waals surface area contributed by atoms with Crippen LogP contribution in [0, 0.1) is 16.7 Å². The van der Waals surface area contributed by atoms with Crippen molar-refractivity contribution in [1.29, 1.82) is 5.26 Å². The van der Waals surface area contributed by atoms with Gasteiger partial charge < -0.3 is 4.74 Å². The standard InChI is InChI=1S/C16H24N2O/c1-15(2,3)10-11-19-13-16(12-17,18-4)14-8-6-5-7-9-14/h5-9,18H,10-11,13H2,1-4H3. The maximum absolute atomic E-state index is 9.50. The first-order valence-electron chi connectivity index (χ1n) is 6.67. The maximum Gasteiger partial charge on any atom is 0.155 e. The predicted molar refractivity (Wildman–Crippen MR) is 77.7 cm³/mol. The lowest BCUT2D eigenvalue weighted by atomic mass is 9.91. The zero-order valence-electron chi connectivity index (χ0n) is 12.4. The summed E-state index contributed by atoms with van der Waals surface area (Å²) in [5.41, 5.74) is 0.427. The molecule has 19 heavy (non-hydrogen) atoms. The molecule has 0 saturated heterocycles. The predicted octanol–water partition coefficient (Wildman–Crippen LogP) is 3.08. The van der Waals surface area contributed by atoms with E-state index < -0.39 is 5.54 Å². The van der Waals surface area contributed by atoms with Crippen molar-refractivity contribution in [3.05, 3.63) is 35.9 Å². The Bertz CT molecular complexity index is 417. The second-order valence-electron chi connectivity index (χ2n) is 6.00. The molecule has 1 unspecified atom stereocenters. The Hall–Kier alpha value is -1.37. The Labute approximate surface area is 116 Å². The largest absolute Gasteiger partial charge is 0.378 e. The number of ether oxygens (including phenoxy) is 1. The van der Waals surface area contributed by atoms with Crippen molar-refractivity contribution in [2.45, 2.75) is 32.7 Å². The molecule has 1 N–H and O–H groups in total. The minimum atomic E-state index is -0.765. The highest BCUT2D eigenvalue weighted by Crippen LogP contribution is 2.22. The van der Waals surface area contributed by atoms with Crippen molar-refractivity contribution in [1.82, 2.24) is 5.32 Å². The second-order valence-corrected chi connectivity index (χ2v) is 6.00. The minimum absolute atomic E-state index is 0.252. The topological polar surface area (TPSA) is 45.0 Å². The highest BCUT2D eigenvalue weighted by molar-refractivity contribution is 5.31. The molecule has 0 aromatic heterocycles. The van der Waals surface area contributed by atoms with Crippen LogP contribution in [0.15, 0.2) is 30.3 Å². The molecule has 1 atom stereocenters. The zero-order valence-corrected chi connectivity index (χ0v) is 12.4. The zero-order chi connectivity index (χ0) is 14.4. The lowest BCUT2D eigenvalue weighted by molar-refractivity contribution is 0.0732. The van der Waals surface area contributed by atoms with E-state index in [9.17, 15) is 5.26 Å². The molecule has 0 radical (unpaired) electrons. The molecule has 0 aliphatic rings. The molecular formula is C16H24N2O. The van der Waals surface area contributed by atoms with E-state index in [1.54, 1.807) is 7.05 Å². The van der Waals surface area contributed by atoms with Crippen LogP contribution in [0.25, 0.3) is 0 Å². The molecule has 1 aromatic carbocycles. The highest BCUT2D eigenvalue weighted by Gasteiger charge is 2.30. The smallest absolute Gasteiger partial charge is 0.155 e. The quantitative estimate of drug-likeness (QED) is 0.799. The third-order valence-electron chi connectivity index (χ3n) is 3.20. The molecule has 0 amide bonds. The van der Waals surface area contributed by atoms with Gasteiger partial charge in [0.25, 0.3) is 0 Å². The average molecular weight is 260 g/mol. The molecule has 1 rings (SSSR count). The van der Waals surface area contributed by atoms with Crippen LogP contribution in [-0.4, -0.2) is 20.3 Å². The maximum atomic E-state index is 9.50. The molecule has 0 spiro atoms. The monoisotopic (exact) mass is 260 g/mol. The second kappa shape index (κ2) is 6.70. The third kappa shape index (κ3) is 4.66. The summed E-state index contributed by atoms with van der Waals surface area (Å²) >= 11 is 0. The highest BCUT2D eigenvalue weighted by atomic mass is 16.5. The van der Waals surface area contributed by atoms with Crippen LogP contribution < -0.4 is 5.32 Å². The molecule has 0 heterocycles. The Morgan fingerprint density at radius 3 is 2.32 bits per heavy atom. The van der Waals surface area contributed by atoms with Crippen LogP contribution in [-0.2, 0) is 10.3 Å². The van der Waals surface area contributed by atoms with Gasteiger partial charge in [0.1, 0.15) is 0 Å². The molecule has 3 nitrogen and oxygen atoms in total. The summed E-state index contributed by atoms with van der Waals surface area (Å²) in [5, 5.41) is 12.6. The average Bonchev–Trinajstić information content (AvgIpc) is 2.39. The van der Waals surface area contributed by atoms with Crippen molar-refractivity contribution in [3.63, 3.8) is 0 Å². The summed E-state index contributed by atoms with van der Waals surface area (Å²) in [5.74, 6) is 0. The number of rotatable bonds is 6. The van der Waals surface area contributed by atoms with E-state index in [2.05, 4.69) is 32.2 Å². The van der Waals surface area contributed by atoms with Gasteiger partial charge >= 0.3 is 0 Å². The summed E-state index contributed by atoms with van der Waals surface area (Å²) in [7, 11) is 1.79. The summed E-state index contributed by atoms with van der Waals surface area (Å²) in [6, 6.07) is 12.1. The number of nitriles is 1. The van der Waals surface area contributed by atoms with Crippen LogP contribution in [0.2, 0.25) is 0 Å². The first kappa shape index (κ1) is 15.7. The molecule has 1 aromatic rings. The number of nitrogens with zero attached hydrogens (tertiary/aromatic N) is 1. The minimum Gasteiger partial charge on any atom is -0.378 e. The van der Waals surface area contributed by atoms with Crippen molar-refractivity contribution >= 4 is 0 Å². The lowest BCUT2D eigenvalue weighted by Gasteiger charge is -2.27. The van der Waals surface area contributed by atoms with Crippen LogP contribution in [0.4, 0.5) is 0 Å². The Morgan fingerprint density at radius 2 is 1.84 bits per heavy atom. The van der Waals surface area contributed by atoms with Gasteiger partial charge in [-0.15, -0.1) is 0 Å². The van der Waals surface area contributed by atoms with Gasteiger partial charge in [-0.25, -0.2) is 0 Å². The third-order valence-corrected chi connectivity index (χ3v) is 3.20. The van der Waals surface area contributed by atoms with Gasteiger partial charge in [-0.3, -0.25) is 5.32 Å². The van der Waals surface area contributed by atoms with Crippen LogP contribution in [0.1, 0.15) is 32.8 Å². The fraction of sp³-hybridized carbons (Fsp3) is 0.562. The van der Waals surface area contributed by atoms with Crippen LogP contribution in [0.5, 0.6) is 0 Å². The molecule has 3 heteroatoms. The normalized spacial score (nSPS) is 14.7. The van der Waals surface area contributed by atoms with E-state index in [0.29, 0.717) is 13.2 Å². The number of hydrogen-bond donors (Lipinski definition) is 1. The molecule has 0 bridgehead atoms. The summed E-state index contributed by atoms with van der Waals surface area (Å²) in [6.07, 6.45) is 0.979. The fourth-order valence-electron chi connectivity index (χ4n) is 1.78. The lowest BCUT2D eigenvalue weighted by Crippen LogP contribution is -2.43. The Balaban J connectivity index is 2.67. The summed E-state index contributed by atoms with van der Waals surface area (Å²) in [4.78, 5) is 0. The molecule has 0 aliphatic heterocycles. The van der Waals surface area contributed by atoms with Crippen molar-refractivity contribution in [2.24, 2.45) is 5.41 Å². The molecule has 104 valence electrons. The van der Waals surface area contributed by atoms with Crippen molar-refractivity contribution in [2.75, 3.05) is 20.3 Å². The molecular weight excluding hydrogens is 236 g/mol. The van der Waals surface area contributed by atoms with E-state index in [1.807, 2.05) is 30.3 Å². The van der Waals surface area contributed by atoms with Gasteiger partial charge in [0.05, 0.1) is 12.7 Å². The van der Waals surface area contributed by atoms with Crippen LogP contribution in [0.3, 0.4) is 0 Å². The van der Waals surface area contributed by atoms with Crippen molar-refractivity contribution < 1.29 is 4.74 Å². The molecule has 0 aliphatic carbocycles. The fourth-order valence-corrected chi connectivity index (χ4v) is 1.78. The van der Waals surface area contributed by atoms with Gasteiger partial charge in [0.2, 0.25) is 0 Å². The van der Waals surface area contributed by atoms with Gasteiger partial charge in [0.15, 0.2) is 5.54 Å². The van der Waals surface area contributed by atoms with E-state index in [-0.39, 0.29) is 5.41 Å². The summed E-state index contributed by atoms with van der Waals surface area (Å²) < 4.78 is 5.73. The molecule has 0 fully saturated rings. The van der Waals surface area contributed by atoms with Gasteiger partial charge in [0, 0.05) is 6.61 Å². The first-order chi connectivity index (χ1) is 8.93. The first-order valence-corrected chi connectivity index (χ1v) is 6.67. The van der Waals surface area contributed by atoms with Gasteiger partial charge in [-0.2, -0.15) is 5.26 Å². The SMILES string of the molecule is CNC(C#N)(COCCC(C)(C)C)c1ccccc1. The number of benzene rings is 1. The number of likely N-dealkylation sites (N-methyl/N-ethyl adjacent to an activating group) is 1. The van der Waals surface area contributed by atoms with Crippen molar-refractivity contribution in [3.8, 4) is 6.07 Å². The van der Waals surface area contributed by atoms with E-state index in [4.69, 9.17) is 4.74 Å². The van der Waals surface area contributed by atoms with E-state index in [0.717, 1.165) is 12.0 Å². The molecule has 0 saturated carbocycles. The number of hydrogen-bond acceptors (Lipinski definition) is 3. The van der Waals surface area contributed by atoms with Gasteiger partial charge in [-0.1, -0.05) is 51.1 Å². The van der Waals surface area contributed by atoms with E-state index in [1.165, 1.54) is 0 Å². The Kier molecular flexibility index (Phi) is 5.53. The van der Waals surface area contributed by atoms with Crippen LogP contribution >= 0.6 is 0 Å². The Morgan fingerprint density at radius 1 is 1.21 bits per heavy atom. The van der Waals surface area contributed by atoms with E-state index >= 15 is 0 Å².